The van der Waals surface area contributed by atoms with Crippen LogP contribution in [-0.2, 0) is 16.0 Å². The van der Waals surface area contributed by atoms with E-state index in [0.717, 1.165) is 28.9 Å². The van der Waals surface area contributed by atoms with E-state index in [9.17, 15) is 9.59 Å². The molecule has 0 spiro atoms. The summed E-state index contributed by atoms with van der Waals surface area (Å²) in [5, 5.41) is 5.80. The molecule has 1 atom stereocenters. The van der Waals surface area contributed by atoms with Gasteiger partial charge in [-0.3, -0.25) is 9.59 Å². The Bertz CT molecular complexity index is 659. The summed E-state index contributed by atoms with van der Waals surface area (Å²) in [6.07, 6.45) is 8.15. The fourth-order valence-electron chi connectivity index (χ4n) is 2.72. The first kappa shape index (κ1) is 13.6. The van der Waals surface area contributed by atoms with Crippen molar-refractivity contribution < 1.29 is 9.59 Å². The van der Waals surface area contributed by atoms with Crippen molar-refractivity contribution in [2.45, 2.75) is 26.2 Å². The maximum absolute atomic E-state index is 12.3. The van der Waals surface area contributed by atoms with Crippen LogP contribution in [0.15, 0.2) is 42.0 Å². The molecule has 2 amide bonds. The minimum absolute atomic E-state index is 0.0144. The Kier molecular flexibility index (Phi) is 3.60. The summed E-state index contributed by atoms with van der Waals surface area (Å²) in [6.45, 7) is 1.98. The van der Waals surface area contributed by atoms with Gasteiger partial charge in [-0.2, -0.15) is 0 Å². The van der Waals surface area contributed by atoms with Crippen molar-refractivity contribution >= 4 is 23.2 Å². The van der Waals surface area contributed by atoms with E-state index < -0.39 is 0 Å². The van der Waals surface area contributed by atoms with Crippen molar-refractivity contribution in [2.75, 3.05) is 10.6 Å². The second-order valence-corrected chi connectivity index (χ2v) is 5.50. The number of carbonyl (C=O) groups is 2. The molecule has 0 bridgehead atoms. The van der Waals surface area contributed by atoms with Gasteiger partial charge in [0.2, 0.25) is 11.8 Å². The van der Waals surface area contributed by atoms with E-state index in [0.29, 0.717) is 12.8 Å². The molecule has 0 fully saturated rings. The molecular formula is C17H18N2O2. The summed E-state index contributed by atoms with van der Waals surface area (Å²) in [7, 11) is 0. The van der Waals surface area contributed by atoms with Crippen molar-refractivity contribution in [3.8, 4) is 0 Å². The molecule has 1 aromatic carbocycles. The smallest absolute Gasteiger partial charge is 0.235 e. The van der Waals surface area contributed by atoms with Crippen LogP contribution in [-0.4, -0.2) is 11.8 Å². The molecule has 0 aromatic heterocycles. The second-order valence-electron chi connectivity index (χ2n) is 5.50. The Morgan fingerprint density at radius 2 is 2.19 bits per heavy atom. The van der Waals surface area contributed by atoms with Gasteiger partial charge in [0.15, 0.2) is 0 Å². The van der Waals surface area contributed by atoms with E-state index in [1.165, 1.54) is 0 Å². The lowest BCUT2D eigenvalue weighted by Gasteiger charge is -2.20. The standard InChI is InChI=1S/C17H18N2O2/c1-11-4-2-3-5-14(11)17(21)18-13-7-8-15-12(10-13)6-9-16(20)19-15/h3-5,7-8,10,14H,2,6,9H2,1H3,(H,18,21)(H,19,20)/t14-/m1/s1. The van der Waals surface area contributed by atoms with Crippen molar-refractivity contribution in [2.24, 2.45) is 5.92 Å². The zero-order valence-electron chi connectivity index (χ0n) is 12.0. The summed E-state index contributed by atoms with van der Waals surface area (Å²) < 4.78 is 0. The fraction of sp³-hybridized carbons (Fsp3) is 0.294. The lowest BCUT2D eigenvalue weighted by Crippen LogP contribution is -2.24. The molecule has 1 aliphatic heterocycles. The molecule has 21 heavy (non-hydrogen) atoms. The highest BCUT2D eigenvalue weighted by atomic mass is 16.2. The van der Waals surface area contributed by atoms with Gasteiger partial charge in [0.25, 0.3) is 0 Å². The van der Waals surface area contributed by atoms with Crippen molar-refractivity contribution in [3.05, 3.63) is 47.6 Å². The third-order valence-electron chi connectivity index (χ3n) is 3.95. The summed E-state index contributed by atoms with van der Waals surface area (Å²) >= 11 is 0. The minimum atomic E-state index is -0.186. The Labute approximate surface area is 123 Å². The van der Waals surface area contributed by atoms with Crippen LogP contribution in [0.3, 0.4) is 0 Å². The van der Waals surface area contributed by atoms with E-state index in [1.807, 2.05) is 37.3 Å². The lowest BCUT2D eigenvalue weighted by atomic mass is 9.93. The van der Waals surface area contributed by atoms with Crippen LogP contribution in [0, 0.1) is 5.92 Å². The van der Waals surface area contributed by atoms with Gasteiger partial charge < -0.3 is 10.6 Å². The quantitative estimate of drug-likeness (QED) is 0.819. The van der Waals surface area contributed by atoms with Crippen molar-refractivity contribution in [3.63, 3.8) is 0 Å². The third kappa shape index (κ3) is 2.89. The highest BCUT2D eigenvalue weighted by Gasteiger charge is 2.20. The van der Waals surface area contributed by atoms with Gasteiger partial charge in [-0.1, -0.05) is 23.8 Å². The van der Waals surface area contributed by atoms with Crippen LogP contribution in [0.4, 0.5) is 11.4 Å². The first-order chi connectivity index (χ1) is 10.1. The van der Waals surface area contributed by atoms with Crippen molar-refractivity contribution in [1.29, 1.82) is 0 Å². The number of aryl methyl sites for hydroxylation is 1. The number of amides is 2. The molecule has 1 aliphatic carbocycles. The molecule has 0 saturated carbocycles. The highest BCUT2D eigenvalue weighted by Crippen LogP contribution is 2.27. The number of allylic oxidation sites excluding steroid dienone is 2. The predicted octanol–water partition coefficient (Wildman–Crippen LogP) is 3.03. The zero-order valence-corrected chi connectivity index (χ0v) is 12.0. The van der Waals surface area contributed by atoms with Gasteiger partial charge in [-0.25, -0.2) is 0 Å². The van der Waals surface area contributed by atoms with Crippen LogP contribution in [0.25, 0.3) is 0 Å². The lowest BCUT2D eigenvalue weighted by molar-refractivity contribution is -0.118. The van der Waals surface area contributed by atoms with Crippen LogP contribution in [0.2, 0.25) is 0 Å². The number of anilines is 2. The Morgan fingerprint density at radius 3 is 3.00 bits per heavy atom. The molecule has 0 radical (unpaired) electrons. The molecule has 4 nitrogen and oxygen atoms in total. The second kappa shape index (κ2) is 5.56. The van der Waals surface area contributed by atoms with E-state index in [4.69, 9.17) is 0 Å². The van der Waals surface area contributed by atoms with Gasteiger partial charge in [-0.05, 0) is 43.5 Å². The van der Waals surface area contributed by atoms with E-state index in [-0.39, 0.29) is 17.7 Å². The number of benzene rings is 1. The summed E-state index contributed by atoms with van der Waals surface area (Å²) in [5.41, 5.74) is 3.78. The van der Waals surface area contributed by atoms with Crippen LogP contribution in [0.1, 0.15) is 25.3 Å². The summed E-state index contributed by atoms with van der Waals surface area (Å²) in [5.74, 6) is -0.152. The number of hydrogen-bond acceptors (Lipinski definition) is 2. The van der Waals surface area contributed by atoms with Gasteiger partial charge in [-0.15, -0.1) is 0 Å². The van der Waals surface area contributed by atoms with Gasteiger partial charge in [0.1, 0.15) is 0 Å². The average Bonchev–Trinajstić information content (AvgIpc) is 2.48. The molecule has 4 heteroatoms. The molecule has 0 saturated heterocycles. The average molecular weight is 282 g/mol. The molecule has 108 valence electrons. The van der Waals surface area contributed by atoms with Gasteiger partial charge >= 0.3 is 0 Å². The molecular weight excluding hydrogens is 264 g/mol. The van der Waals surface area contributed by atoms with E-state index >= 15 is 0 Å². The number of nitrogens with one attached hydrogen (secondary N) is 2. The molecule has 3 rings (SSSR count). The topological polar surface area (TPSA) is 58.2 Å². The molecule has 2 aliphatic rings. The Hall–Kier alpha value is -2.36. The van der Waals surface area contributed by atoms with Gasteiger partial charge in [0.05, 0.1) is 5.92 Å². The van der Waals surface area contributed by atoms with E-state index in [2.05, 4.69) is 16.7 Å². The van der Waals surface area contributed by atoms with Crippen LogP contribution in [0.5, 0.6) is 0 Å². The minimum Gasteiger partial charge on any atom is -0.326 e. The maximum Gasteiger partial charge on any atom is 0.235 e. The molecule has 1 aromatic rings. The van der Waals surface area contributed by atoms with E-state index in [1.54, 1.807) is 0 Å². The van der Waals surface area contributed by atoms with Crippen LogP contribution >= 0.6 is 0 Å². The Balaban J connectivity index is 1.75. The van der Waals surface area contributed by atoms with Crippen molar-refractivity contribution in [1.82, 2.24) is 0 Å². The third-order valence-corrected chi connectivity index (χ3v) is 3.95. The molecule has 1 heterocycles. The first-order valence-corrected chi connectivity index (χ1v) is 7.20. The SMILES string of the molecule is CC1=CCC=C[C@H]1C(=O)Nc1ccc2c(c1)CCC(=O)N2. The first-order valence-electron chi connectivity index (χ1n) is 7.20. The predicted molar refractivity (Wildman–Crippen MR) is 83.0 cm³/mol. The fourth-order valence-corrected chi connectivity index (χ4v) is 2.72. The molecule has 0 unspecified atom stereocenters. The Morgan fingerprint density at radius 1 is 1.33 bits per heavy atom. The number of hydrogen-bond donors (Lipinski definition) is 2. The summed E-state index contributed by atoms with van der Waals surface area (Å²) in [6, 6.07) is 5.62. The highest BCUT2D eigenvalue weighted by molar-refractivity contribution is 5.97. The normalized spacial score (nSPS) is 20.3. The van der Waals surface area contributed by atoms with Gasteiger partial charge in [0, 0.05) is 17.8 Å². The maximum atomic E-state index is 12.3. The number of rotatable bonds is 2. The van der Waals surface area contributed by atoms with Crippen LogP contribution < -0.4 is 10.6 Å². The largest absolute Gasteiger partial charge is 0.326 e. The summed E-state index contributed by atoms with van der Waals surface area (Å²) in [4.78, 5) is 23.7. The zero-order chi connectivity index (χ0) is 14.8. The molecule has 2 N–H and O–H groups in total. The monoisotopic (exact) mass is 282 g/mol. The number of fused-ring (bicyclic) bond motifs is 1. The number of carbonyl (C=O) groups excluding carboxylic acids is 2.